The quantitative estimate of drug-likeness (QED) is 0.802. The summed E-state index contributed by atoms with van der Waals surface area (Å²) in [4.78, 5) is 10.7. The van der Waals surface area contributed by atoms with Gasteiger partial charge in [0.25, 0.3) is 0 Å². The maximum absolute atomic E-state index is 10.7. The van der Waals surface area contributed by atoms with Crippen molar-refractivity contribution in [3.8, 4) is 0 Å². The third kappa shape index (κ3) is 3.80. The standard InChI is InChI=1S/C8H11NO2.C6H8O/c1-8(7(10)11)4-2-3-6(9)5-8;1-5-3-4-6(2)7-5/h2-4H,5,9H2,1H3,(H,10,11);3-4H,1-2H3. The zero-order valence-corrected chi connectivity index (χ0v) is 10.9. The molecule has 0 fully saturated rings. The highest BCUT2D eigenvalue weighted by Gasteiger charge is 2.31. The predicted molar refractivity (Wildman–Crippen MR) is 70.0 cm³/mol. The van der Waals surface area contributed by atoms with Gasteiger partial charge in [0.1, 0.15) is 11.5 Å². The van der Waals surface area contributed by atoms with Crippen LogP contribution in [-0.2, 0) is 4.79 Å². The average molecular weight is 249 g/mol. The first-order chi connectivity index (χ1) is 8.33. The Morgan fingerprint density at radius 2 is 1.94 bits per heavy atom. The zero-order valence-electron chi connectivity index (χ0n) is 10.9. The van der Waals surface area contributed by atoms with Crippen molar-refractivity contribution in [2.75, 3.05) is 0 Å². The summed E-state index contributed by atoms with van der Waals surface area (Å²) in [5.41, 5.74) is 5.31. The summed E-state index contributed by atoms with van der Waals surface area (Å²) in [6, 6.07) is 3.91. The van der Waals surface area contributed by atoms with Gasteiger partial charge in [-0.2, -0.15) is 0 Å². The van der Waals surface area contributed by atoms with Crippen LogP contribution in [0.4, 0.5) is 0 Å². The highest BCUT2D eigenvalue weighted by Crippen LogP contribution is 2.29. The Morgan fingerprint density at radius 3 is 2.22 bits per heavy atom. The van der Waals surface area contributed by atoms with E-state index in [-0.39, 0.29) is 0 Å². The molecule has 18 heavy (non-hydrogen) atoms. The van der Waals surface area contributed by atoms with Gasteiger partial charge in [-0.05, 0) is 39.0 Å². The van der Waals surface area contributed by atoms with Gasteiger partial charge in [0, 0.05) is 12.1 Å². The van der Waals surface area contributed by atoms with E-state index in [1.165, 1.54) is 0 Å². The number of furan rings is 1. The smallest absolute Gasteiger partial charge is 0.313 e. The lowest BCUT2D eigenvalue weighted by Crippen LogP contribution is -2.28. The van der Waals surface area contributed by atoms with Gasteiger partial charge < -0.3 is 15.3 Å². The highest BCUT2D eigenvalue weighted by molar-refractivity contribution is 5.77. The van der Waals surface area contributed by atoms with Crippen LogP contribution >= 0.6 is 0 Å². The van der Waals surface area contributed by atoms with Gasteiger partial charge in [0.2, 0.25) is 0 Å². The van der Waals surface area contributed by atoms with E-state index < -0.39 is 11.4 Å². The van der Waals surface area contributed by atoms with Crippen LogP contribution in [0, 0.1) is 19.3 Å². The number of hydrogen-bond donors (Lipinski definition) is 2. The van der Waals surface area contributed by atoms with Crippen LogP contribution in [0.2, 0.25) is 0 Å². The molecule has 1 heterocycles. The molecular formula is C14H19NO3. The number of allylic oxidation sites excluding steroid dienone is 3. The van der Waals surface area contributed by atoms with Gasteiger partial charge in [-0.15, -0.1) is 0 Å². The molecule has 4 nitrogen and oxygen atoms in total. The van der Waals surface area contributed by atoms with Gasteiger partial charge in [0.15, 0.2) is 0 Å². The third-order valence-electron chi connectivity index (χ3n) is 2.71. The molecule has 0 saturated carbocycles. The molecule has 0 aromatic carbocycles. The second-order valence-corrected chi connectivity index (χ2v) is 4.66. The van der Waals surface area contributed by atoms with E-state index in [1.807, 2.05) is 26.0 Å². The second-order valence-electron chi connectivity index (χ2n) is 4.66. The van der Waals surface area contributed by atoms with Crippen molar-refractivity contribution in [1.29, 1.82) is 0 Å². The minimum absolute atomic E-state index is 0.402. The van der Waals surface area contributed by atoms with Crippen LogP contribution in [-0.4, -0.2) is 11.1 Å². The van der Waals surface area contributed by atoms with Crippen molar-refractivity contribution in [2.24, 2.45) is 11.1 Å². The zero-order chi connectivity index (χ0) is 13.8. The van der Waals surface area contributed by atoms with Crippen molar-refractivity contribution < 1.29 is 14.3 Å². The molecule has 0 saturated heterocycles. The molecule has 0 amide bonds. The molecule has 98 valence electrons. The lowest BCUT2D eigenvalue weighted by atomic mass is 9.82. The first-order valence-electron chi connectivity index (χ1n) is 5.74. The Morgan fingerprint density at radius 1 is 1.39 bits per heavy atom. The van der Waals surface area contributed by atoms with E-state index in [4.69, 9.17) is 15.3 Å². The number of carbonyl (C=O) groups is 1. The highest BCUT2D eigenvalue weighted by atomic mass is 16.4. The summed E-state index contributed by atoms with van der Waals surface area (Å²) in [6.45, 7) is 5.53. The van der Waals surface area contributed by atoms with Crippen LogP contribution in [0.3, 0.4) is 0 Å². The lowest BCUT2D eigenvalue weighted by molar-refractivity contribution is -0.145. The molecule has 3 N–H and O–H groups in total. The molecule has 0 bridgehead atoms. The Kier molecular flexibility index (Phi) is 4.37. The van der Waals surface area contributed by atoms with Crippen LogP contribution in [0.1, 0.15) is 24.9 Å². The van der Waals surface area contributed by atoms with E-state index in [9.17, 15) is 4.79 Å². The Labute approximate surface area is 107 Å². The molecule has 2 rings (SSSR count). The largest absolute Gasteiger partial charge is 0.481 e. The normalized spacial score (nSPS) is 21.8. The van der Waals surface area contributed by atoms with Gasteiger partial charge >= 0.3 is 5.97 Å². The minimum Gasteiger partial charge on any atom is -0.481 e. The first-order valence-corrected chi connectivity index (χ1v) is 5.74. The van der Waals surface area contributed by atoms with Crippen molar-refractivity contribution in [3.63, 3.8) is 0 Å². The molecule has 4 heteroatoms. The number of carboxylic acid groups (broad SMARTS) is 1. The van der Waals surface area contributed by atoms with Crippen LogP contribution in [0.5, 0.6) is 0 Å². The number of aliphatic carboxylic acids is 1. The summed E-state index contributed by atoms with van der Waals surface area (Å²) < 4.78 is 5.08. The fourth-order valence-corrected chi connectivity index (χ4v) is 1.63. The average Bonchev–Trinajstić information content (AvgIpc) is 2.63. The monoisotopic (exact) mass is 249 g/mol. The van der Waals surface area contributed by atoms with Gasteiger partial charge in [-0.25, -0.2) is 0 Å². The minimum atomic E-state index is -0.829. The molecule has 0 radical (unpaired) electrons. The van der Waals surface area contributed by atoms with E-state index in [0.717, 1.165) is 11.5 Å². The summed E-state index contributed by atoms with van der Waals surface area (Å²) in [7, 11) is 0. The fourth-order valence-electron chi connectivity index (χ4n) is 1.63. The molecule has 1 atom stereocenters. The molecule has 1 aromatic heterocycles. The number of aryl methyl sites for hydroxylation is 2. The Hall–Kier alpha value is -1.97. The van der Waals surface area contributed by atoms with Gasteiger partial charge in [-0.1, -0.05) is 12.2 Å². The third-order valence-corrected chi connectivity index (χ3v) is 2.71. The SMILES string of the molecule is CC1(C(=O)O)C=CC=C(N)C1.Cc1ccc(C)o1. The number of carboxylic acids is 1. The summed E-state index contributed by atoms with van der Waals surface area (Å²) in [5.74, 6) is 1.14. The van der Waals surface area contributed by atoms with Crippen molar-refractivity contribution in [2.45, 2.75) is 27.2 Å². The molecule has 1 aromatic rings. The molecule has 1 unspecified atom stereocenters. The lowest BCUT2D eigenvalue weighted by Gasteiger charge is -2.22. The topological polar surface area (TPSA) is 76.5 Å². The Balaban J connectivity index is 0.000000199. The van der Waals surface area contributed by atoms with E-state index in [1.54, 1.807) is 25.2 Å². The van der Waals surface area contributed by atoms with E-state index in [0.29, 0.717) is 12.1 Å². The summed E-state index contributed by atoms with van der Waals surface area (Å²) in [5, 5.41) is 8.78. The number of rotatable bonds is 1. The van der Waals surface area contributed by atoms with Crippen molar-refractivity contribution >= 4 is 5.97 Å². The molecule has 1 aliphatic carbocycles. The fraction of sp³-hybridized carbons (Fsp3) is 0.357. The van der Waals surface area contributed by atoms with E-state index in [2.05, 4.69) is 0 Å². The maximum atomic E-state index is 10.7. The Bertz CT molecular complexity index is 468. The van der Waals surface area contributed by atoms with Crippen molar-refractivity contribution in [1.82, 2.24) is 0 Å². The summed E-state index contributed by atoms with van der Waals surface area (Å²) in [6.07, 6.45) is 5.47. The summed E-state index contributed by atoms with van der Waals surface area (Å²) >= 11 is 0. The van der Waals surface area contributed by atoms with Crippen LogP contribution in [0.15, 0.2) is 40.5 Å². The molecule has 0 aliphatic heterocycles. The van der Waals surface area contributed by atoms with Crippen LogP contribution < -0.4 is 5.73 Å². The van der Waals surface area contributed by atoms with E-state index >= 15 is 0 Å². The maximum Gasteiger partial charge on any atom is 0.313 e. The number of nitrogens with two attached hydrogens (primary N) is 1. The predicted octanol–water partition coefficient (Wildman–Crippen LogP) is 2.78. The molecule has 1 aliphatic rings. The van der Waals surface area contributed by atoms with Gasteiger partial charge in [0.05, 0.1) is 5.41 Å². The second kappa shape index (κ2) is 5.58. The van der Waals surface area contributed by atoms with Gasteiger partial charge in [-0.3, -0.25) is 4.79 Å². The first kappa shape index (κ1) is 14.1. The number of hydrogen-bond acceptors (Lipinski definition) is 3. The van der Waals surface area contributed by atoms with Crippen LogP contribution in [0.25, 0.3) is 0 Å². The molecule has 0 spiro atoms. The molecular weight excluding hydrogens is 230 g/mol. The van der Waals surface area contributed by atoms with Crippen molar-refractivity contribution in [3.05, 3.63) is 47.6 Å².